The summed E-state index contributed by atoms with van der Waals surface area (Å²) in [5.74, 6) is 0. The highest BCUT2D eigenvalue weighted by atomic mass is 14.9. The van der Waals surface area contributed by atoms with Crippen LogP contribution in [0.15, 0.2) is 73.8 Å². The predicted octanol–water partition coefficient (Wildman–Crippen LogP) is 5.69. The number of hydrogen-bond donors (Lipinski definition) is 0. The van der Waals surface area contributed by atoms with Crippen molar-refractivity contribution in [2.24, 2.45) is 7.05 Å². The van der Waals surface area contributed by atoms with Gasteiger partial charge in [0.25, 0.3) is 0 Å². The van der Waals surface area contributed by atoms with Gasteiger partial charge in [0, 0.05) is 23.6 Å². The van der Waals surface area contributed by atoms with Crippen LogP contribution >= 0.6 is 0 Å². The SMILES string of the molecule is C=C(CCC(=C)c1cc2ccccc2n1C)c1ccccc1. The van der Waals surface area contributed by atoms with Crippen molar-refractivity contribution >= 4 is 22.0 Å². The number of aryl methyl sites for hydroxylation is 1. The van der Waals surface area contributed by atoms with Crippen LogP contribution in [-0.4, -0.2) is 4.57 Å². The number of nitrogens with zero attached hydrogens (tertiary/aromatic N) is 1. The molecular weight excluding hydrogens is 266 g/mol. The monoisotopic (exact) mass is 287 g/mol. The Hall–Kier alpha value is -2.54. The van der Waals surface area contributed by atoms with Gasteiger partial charge in [0.05, 0.1) is 0 Å². The van der Waals surface area contributed by atoms with E-state index in [0.717, 1.165) is 18.4 Å². The fourth-order valence-corrected chi connectivity index (χ4v) is 2.88. The van der Waals surface area contributed by atoms with Crippen molar-refractivity contribution in [2.75, 3.05) is 0 Å². The molecule has 0 unspecified atom stereocenters. The van der Waals surface area contributed by atoms with Gasteiger partial charge >= 0.3 is 0 Å². The Morgan fingerprint density at radius 2 is 1.50 bits per heavy atom. The van der Waals surface area contributed by atoms with Gasteiger partial charge in [-0.25, -0.2) is 0 Å². The number of allylic oxidation sites excluding steroid dienone is 2. The smallest absolute Gasteiger partial charge is 0.0482 e. The number of para-hydroxylation sites is 1. The molecule has 0 aliphatic heterocycles. The molecule has 1 aromatic heterocycles. The molecule has 0 N–H and O–H groups in total. The molecule has 0 aliphatic carbocycles. The lowest BCUT2D eigenvalue weighted by Gasteiger charge is -2.10. The molecule has 0 radical (unpaired) electrons. The first-order chi connectivity index (χ1) is 10.7. The van der Waals surface area contributed by atoms with Crippen LogP contribution in [0.2, 0.25) is 0 Å². The summed E-state index contributed by atoms with van der Waals surface area (Å²) in [4.78, 5) is 0. The first-order valence-electron chi connectivity index (χ1n) is 7.62. The molecule has 3 aromatic rings. The molecule has 0 spiro atoms. The molecule has 1 heterocycles. The largest absolute Gasteiger partial charge is 0.344 e. The van der Waals surface area contributed by atoms with Gasteiger partial charge in [0.15, 0.2) is 0 Å². The van der Waals surface area contributed by atoms with Gasteiger partial charge in [-0.2, -0.15) is 0 Å². The maximum absolute atomic E-state index is 4.28. The van der Waals surface area contributed by atoms with E-state index in [2.05, 4.69) is 79.4 Å². The van der Waals surface area contributed by atoms with Crippen LogP contribution < -0.4 is 0 Å². The van der Waals surface area contributed by atoms with Crippen LogP contribution in [0.25, 0.3) is 22.0 Å². The molecular formula is C21H21N. The first kappa shape index (κ1) is 14.4. The van der Waals surface area contributed by atoms with Crippen molar-refractivity contribution in [3.8, 4) is 0 Å². The Labute approximate surface area is 132 Å². The topological polar surface area (TPSA) is 4.93 Å². The standard InChI is InChI=1S/C21H21N/c1-16(18-9-5-4-6-10-18)13-14-17(2)21-15-19-11-7-8-12-20(19)22(21)3/h4-12,15H,1-2,13-14H2,3H3. The molecule has 0 saturated heterocycles. The number of hydrogen-bond acceptors (Lipinski definition) is 0. The van der Waals surface area contributed by atoms with Gasteiger partial charge in [-0.3, -0.25) is 0 Å². The molecule has 22 heavy (non-hydrogen) atoms. The Morgan fingerprint density at radius 3 is 2.23 bits per heavy atom. The second-order valence-electron chi connectivity index (χ2n) is 5.72. The first-order valence-corrected chi connectivity index (χ1v) is 7.62. The highest BCUT2D eigenvalue weighted by Crippen LogP contribution is 2.28. The van der Waals surface area contributed by atoms with Crippen molar-refractivity contribution in [2.45, 2.75) is 12.8 Å². The lowest BCUT2D eigenvalue weighted by Crippen LogP contribution is -1.95. The Morgan fingerprint density at radius 1 is 0.864 bits per heavy atom. The summed E-state index contributed by atoms with van der Waals surface area (Å²) in [5.41, 5.74) is 6.01. The van der Waals surface area contributed by atoms with Gasteiger partial charge in [-0.1, -0.05) is 61.7 Å². The molecule has 2 aromatic carbocycles. The predicted molar refractivity (Wildman–Crippen MR) is 96.7 cm³/mol. The van der Waals surface area contributed by atoms with Crippen LogP contribution in [0.3, 0.4) is 0 Å². The third-order valence-corrected chi connectivity index (χ3v) is 4.22. The van der Waals surface area contributed by atoms with Gasteiger partial charge in [0.2, 0.25) is 0 Å². The lowest BCUT2D eigenvalue weighted by molar-refractivity contribution is 0.930. The molecule has 1 heteroatoms. The highest BCUT2D eigenvalue weighted by Gasteiger charge is 2.09. The minimum absolute atomic E-state index is 0.928. The summed E-state index contributed by atoms with van der Waals surface area (Å²) in [7, 11) is 2.11. The summed E-state index contributed by atoms with van der Waals surface area (Å²) in [6.07, 6.45) is 1.86. The molecule has 0 atom stereocenters. The van der Waals surface area contributed by atoms with E-state index >= 15 is 0 Å². The summed E-state index contributed by atoms with van der Waals surface area (Å²) < 4.78 is 2.23. The van der Waals surface area contributed by atoms with Crippen molar-refractivity contribution in [1.29, 1.82) is 0 Å². The molecule has 3 rings (SSSR count). The maximum Gasteiger partial charge on any atom is 0.0482 e. The Kier molecular flexibility index (Phi) is 3.97. The van der Waals surface area contributed by atoms with E-state index in [4.69, 9.17) is 0 Å². The third-order valence-electron chi connectivity index (χ3n) is 4.22. The van der Waals surface area contributed by atoms with Crippen LogP contribution in [0.5, 0.6) is 0 Å². The maximum atomic E-state index is 4.28. The zero-order valence-corrected chi connectivity index (χ0v) is 13.0. The Bertz CT molecular complexity index is 821. The quantitative estimate of drug-likeness (QED) is 0.568. The average Bonchev–Trinajstić information content (AvgIpc) is 2.90. The van der Waals surface area contributed by atoms with E-state index in [-0.39, 0.29) is 0 Å². The molecule has 0 bridgehead atoms. The van der Waals surface area contributed by atoms with E-state index in [0.29, 0.717) is 0 Å². The second kappa shape index (κ2) is 6.07. The van der Waals surface area contributed by atoms with Crippen LogP contribution in [0, 0.1) is 0 Å². The minimum atomic E-state index is 0.928. The normalized spacial score (nSPS) is 10.8. The highest BCUT2D eigenvalue weighted by molar-refractivity contribution is 5.85. The van der Waals surface area contributed by atoms with E-state index in [1.807, 2.05) is 6.07 Å². The van der Waals surface area contributed by atoms with Crippen molar-refractivity contribution in [3.05, 3.63) is 85.1 Å². The van der Waals surface area contributed by atoms with Crippen molar-refractivity contribution in [3.63, 3.8) is 0 Å². The lowest BCUT2D eigenvalue weighted by atomic mass is 9.99. The molecule has 0 fully saturated rings. The number of benzene rings is 2. The van der Waals surface area contributed by atoms with Crippen LogP contribution in [0.1, 0.15) is 24.1 Å². The fourth-order valence-electron chi connectivity index (χ4n) is 2.88. The molecule has 0 amide bonds. The Balaban J connectivity index is 1.74. The van der Waals surface area contributed by atoms with Gasteiger partial charge in [-0.05, 0) is 41.7 Å². The number of fused-ring (bicyclic) bond motifs is 1. The number of aromatic nitrogens is 1. The van der Waals surface area contributed by atoms with E-state index in [1.165, 1.54) is 27.7 Å². The third kappa shape index (κ3) is 2.75. The van der Waals surface area contributed by atoms with Gasteiger partial charge in [-0.15, -0.1) is 0 Å². The second-order valence-corrected chi connectivity index (χ2v) is 5.72. The summed E-state index contributed by atoms with van der Waals surface area (Å²) in [5, 5.41) is 1.27. The van der Waals surface area contributed by atoms with Crippen molar-refractivity contribution < 1.29 is 0 Å². The summed E-state index contributed by atoms with van der Waals surface area (Å²) >= 11 is 0. The minimum Gasteiger partial charge on any atom is -0.344 e. The van der Waals surface area contributed by atoms with Gasteiger partial charge in [0.1, 0.15) is 0 Å². The van der Waals surface area contributed by atoms with Crippen molar-refractivity contribution in [1.82, 2.24) is 4.57 Å². The molecule has 1 nitrogen and oxygen atoms in total. The zero-order chi connectivity index (χ0) is 15.5. The molecule has 0 aliphatic rings. The summed E-state index contributed by atoms with van der Waals surface area (Å²) in [6.45, 7) is 8.49. The van der Waals surface area contributed by atoms with E-state index < -0.39 is 0 Å². The zero-order valence-electron chi connectivity index (χ0n) is 13.0. The van der Waals surface area contributed by atoms with Crippen LogP contribution in [-0.2, 0) is 7.05 Å². The summed E-state index contributed by atoms with van der Waals surface area (Å²) in [6, 6.07) is 21.0. The van der Waals surface area contributed by atoms with Crippen LogP contribution in [0.4, 0.5) is 0 Å². The molecule has 110 valence electrons. The number of rotatable bonds is 5. The fraction of sp³-hybridized carbons (Fsp3) is 0.143. The van der Waals surface area contributed by atoms with E-state index in [9.17, 15) is 0 Å². The van der Waals surface area contributed by atoms with E-state index in [1.54, 1.807) is 0 Å². The average molecular weight is 287 g/mol. The molecule has 0 saturated carbocycles. The van der Waals surface area contributed by atoms with Gasteiger partial charge < -0.3 is 4.57 Å².